The Hall–Kier alpha value is -1.98. The molecule has 0 saturated heterocycles. The number of hydrogen-bond acceptors (Lipinski definition) is 3. The molecule has 23 heavy (non-hydrogen) atoms. The maximum atomic E-state index is 12.2. The molecule has 0 aromatic heterocycles. The van der Waals surface area contributed by atoms with Crippen molar-refractivity contribution >= 4 is 16.7 Å². The Morgan fingerprint density at radius 2 is 1.87 bits per heavy atom. The second-order valence-electron chi connectivity index (χ2n) is 5.28. The van der Waals surface area contributed by atoms with Gasteiger partial charge in [0.05, 0.1) is 17.4 Å². The van der Waals surface area contributed by atoms with Gasteiger partial charge in [0.25, 0.3) is 0 Å². The zero-order valence-corrected chi connectivity index (χ0v) is 14.2. The van der Waals surface area contributed by atoms with Crippen LogP contribution in [0.4, 0.5) is 0 Å². The highest BCUT2D eigenvalue weighted by Crippen LogP contribution is 2.11. The van der Waals surface area contributed by atoms with Crippen LogP contribution in [0, 0.1) is 6.92 Å². The summed E-state index contributed by atoms with van der Waals surface area (Å²) in [5.41, 5.74) is 3.07. The van der Waals surface area contributed by atoms with Crippen molar-refractivity contribution in [2.45, 2.75) is 25.0 Å². The van der Waals surface area contributed by atoms with Crippen LogP contribution < -0.4 is 5.32 Å². The van der Waals surface area contributed by atoms with Gasteiger partial charge in [-0.3, -0.25) is 9.00 Å². The van der Waals surface area contributed by atoms with Crippen LogP contribution >= 0.6 is 0 Å². The average molecular weight is 331 g/mol. The van der Waals surface area contributed by atoms with Crippen LogP contribution in [0.3, 0.4) is 0 Å². The summed E-state index contributed by atoms with van der Waals surface area (Å²) in [6.07, 6.45) is 0. The van der Waals surface area contributed by atoms with Crippen LogP contribution in [0.5, 0.6) is 0 Å². The van der Waals surface area contributed by atoms with Crippen molar-refractivity contribution in [3.8, 4) is 0 Å². The molecule has 0 spiro atoms. The predicted octanol–water partition coefficient (Wildman–Crippen LogP) is 2.57. The zero-order chi connectivity index (χ0) is 16.7. The lowest BCUT2D eigenvalue weighted by Crippen LogP contribution is -2.28. The van der Waals surface area contributed by atoms with E-state index in [1.165, 1.54) is 0 Å². The van der Waals surface area contributed by atoms with Gasteiger partial charge in [0, 0.05) is 18.6 Å². The molecular formula is C18H21NO3S. The molecule has 0 radical (unpaired) electrons. The molecule has 2 aromatic carbocycles. The van der Waals surface area contributed by atoms with Crippen LogP contribution in [0.1, 0.15) is 16.7 Å². The molecule has 4 nitrogen and oxygen atoms in total. The molecule has 122 valence electrons. The smallest absolute Gasteiger partial charge is 0.233 e. The standard InChI is InChI=1S/C18H21NO3S/c1-14-6-5-9-17(10-14)23(21)13-18(20)19-11-15-7-3-4-8-16(15)12-22-2/h3-10H,11-13H2,1-2H3,(H,19,20)/t23-/m0/s1. The Morgan fingerprint density at radius 3 is 2.57 bits per heavy atom. The van der Waals surface area contributed by atoms with Gasteiger partial charge in [0.1, 0.15) is 5.75 Å². The van der Waals surface area contributed by atoms with Crippen molar-refractivity contribution in [1.82, 2.24) is 5.32 Å². The van der Waals surface area contributed by atoms with Gasteiger partial charge in [0.15, 0.2) is 0 Å². The van der Waals surface area contributed by atoms with E-state index in [0.29, 0.717) is 18.0 Å². The van der Waals surface area contributed by atoms with Crippen molar-refractivity contribution in [2.24, 2.45) is 0 Å². The lowest BCUT2D eigenvalue weighted by Gasteiger charge is -2.10. The lowest BCUT2D eigenvalue weighted by molar-refractivity contribution is -0.118. The molecule has 5 heteroatoms. The molecule has 2 rings (SSSR count). The molecule has 0 heterocycles. The Kier molecular flexibility index (Phi) is 6.50. The number of aryl methyl sites for hydroxylation is 1. The monoisotopic (exact) mass is 331 g/mol. The van der Waals surface area contributed by atoms with E-state index < -0.39 is 10.8 Å². The van der Waals surface area contributed by atoms with Crippen LogP contribution in [0.15, 0.2) is 53.4 Å². The summed E-state index contributed by atoms with van der Waals surface area (Å²) in [6.45, 7) is 2.85. The highest BCUT2D eigenvalue weighted by molar-refractivity contribution is 7.85. The number of amides is 1. The second-order valence-corrected chi connectivity index (χ2v) is 6.74. The normalized spacial score (nSPS) is 11.9. The molecule has 1 N–H and O–H groups in total. The topological polar surface area (TPSA) is 55.4 Å². The summed E-state index contributed by atoms with van der Waals surface area (Å²) < 4.78 is 17.4. The SMILES string of the molecule is COCc1ccccc1CNC(=O)C[S@](=O)c1cccc(C)c1. The molecule has 0 unspecified atom stereocenters. The van der Waals surface area contributed by atoms with Crippen molar-refractivity contribution in [2.75, 3.05) is 12.9 Å². The van der Waals surface area contributed by atoms with Crippen molar-refractivity contribution in [1.29, 1.82) is 0 Å². The first kappa shape index (κ1) is 17.4. The fourth-order valence-electron chi connectivity index (χ4n) is 2.23. The first-order chi connectivity index (χ1) is 11.1. The van der Waals surface area contributed by atoms with Gasteiger partial charge >= 0.3 is 0 Å². The number of methoxy groups -OCH3 is 1. The third-order valence-electron chi connectivity index (χ3n) is 3.41. The quantitative estimate of drug-likeness (QED) is 0.848. The number of benzene rings is 2. The maximum absolute atomic E-state index is 12.2. The first-order valence-electron chi connectivity index (χ1n) is 7.37. The van der Waals surface area contributed by atoms with Gasteiger partial charge < -0.3 is 10.1 Å². The van der Waals surface area contributed by atoms with E-state index in [1.54, 1.807) is 13.2 Å². The van der Waals surface area contributed by atoms with Gasteiger partial charge in [-0.15, -0.1) is 0 Å². The summed E-state index contributed by atoms with van der Waals surface area (Å²) in [6, 6.07) is 15.2. The van der Waals surface area contributed by atoms with E-state index in [4.69, 9.17) is 4.74 Å². The van der Waals surface area contributed by atoms with Gasteiger partial charge in [-0.2, -0.15) is 0 Å². The fraction of sp³-hybridized carbons (Fsp3) is 0.278. The van der Waals surface area contributed by atoms with Crippen molar-refractivity contribution in [3.05, 3.63) is 65.2 Å². The number of carbonyl (C=O) groups is 1. The van der Waals surface area contributed by atoms with E-state index in [2.05, 4.69) is 5.32 Å². The van der Waals surface area contributed by atoms with Crippen LogP contribution in [0.2, 0.25) is 0 Å². The summed E-state index contributed by atoms with van der Waals surface area (Å²) >= 11 is 0. The first-order valence-corrected chi connectivity index (χ1v) is 8.69. The van der Waals surface area contributed by atoms with E-state index in [0.717, 1.165) is 16.7 Å². The Balaban J connectivity index is 1.92. The number of carbonyl (C=O) groups excluding carboxylic acids is 1. The van der Waals surface area contributed by atoms with Gasteiger partial charge in [-0.25, -0.2) is 0 Å². The van der Waals surface area contributed by atoms with Gasteiger partial charge in [-0.1, -0.05) is 36.4 Å². The van der Waals surface area contributed by atoms with E-state index >= 15 is 0 Å². The largest absolute Gasteiger partial charge is 0.380 e. The van der Waals surface area contributed by atoms with E-state index in [-0.39, 0.29) is 11.7 Å². The van der Waals surface area contributed by atoms with E-state index in [1.807, 2.05) is 49.4 Å². The molecule has 1 atom stereocenters. The molecule has 0 fully saturated rings. The molecule has 1 amide bonds. The Morgan fingerprint density at radius 1 is 1.13 bits per heavy atom. The summed E-state index contributed by atoms with van der Waals surface area (Å²) in [7, 11) is 0.312. The van der Waals surface area contributed by atoms with Crippen LogP contribution in [0.25, 0.3) is 0 Å². The lowest BCUT2D eigenvalue weighted by atomic mass is 10.1. The Labute approximate surface area is 139 Å². The van der Waals surface area contributed by atoms with Crippen molar-refractivity contribution < 1.29 is 13.7 Å². The molecule has 0 aliphatic rings. The fourth-order valence-corrected chi connectivity index (χ4v) is 3.29. The number of nitrogens with one attached hydrogen (secondary N) is 1. The third-order valence-corrected chi connectivity index (χ3v) is 4.71. The molecule has 0 aliphatic carbocycles. The minimum absolute atomic E-state index is 0.0318. The third kappa shape index (κ3) is 5.30. The summed E-state index contributed by atoms with van der Waals surface area (Å²) in [5, 5.41) is 2.83. The van der Waals surface area contributed by atoms with Crippen LogP contribution in [-0.4, -0.2) is 23.0 Å². The molecular weight excluding hydrogens is 310 g/mol. The molecule has 0 saturated carbocycles. The maximum Gasteiger partial charge on any atom is 0.233 e. The number of hydrogen-bond donors (Lipinski definition) is 1. The van der Waals surface area contributed by atoms with Gasteiger partial charge in [-0.05, 0) is 35.7 Å². The second kappa shape index (κ2) is 8.60. The van der Waals surface area contributed by atoms with Crippen molar-refractivity contribution in [3.63, 3.8) is 0 Å². The highest BCUT2D eigenvalue weighted by Gasteiger charge is 2.11. The predicted molar refractivity (Wildman–Crippen MR) is 91.5 cm³/mol. The molecule has 2 aromatic rings. The number of ether oxygens (including phenoxy) is 1. The summed E-state index contributed by atoms with van der Waals surface area (Å²) in [4.78, 5) is 12.7. The highest BCUT2D eigenvalue weighted by atomic mass is 32.2. The number of rotatable bonds is 7. The zero-order valence-electron chi connectivity index (χ0n) is 13.4. The Bertz CT molecular complexity index is 700. The minimum Gasteiger partial charge on any atom is -0.380 e. The van der Waals surface area contributed by atoms with Gasteiger partial charge in [0.2, 0.25) is 5.91 Å². The molecule has 0 bridgehead atoms. The average Bonchev–Trinajstić information content (AvgIpc) is 2.54. The minimum atomic E-state index is -1.33. The summed E-state index contributed by atoms with van der Waals surface area (Å²) in [5.74, 6) is -0.257. The van der Waals surface area contributed by atoms with E-state index in [9.17, 15) is 9.00 Å². The van der Waals surface area contributed by atoms with Crippen LogP contribution in [-0.2, 0) is 33.5 Å². The molecule has 0 aliphatic heterocycles.